The maximum Gasteiger partial charge on any atom is 0.187 e. The molecule has 0 unspecified atom stereocenters. The van der Waals surface area contributed by atoms with Crippen LogP contribution < -0.4 is 5.01 Å². The Morgan fingerprint density at radius 1 is 1.04 bits per heavy atom. The number of halogens is 2. The first-order valence-electron chi connectivity index (χ1n) is 7.47. The van der Waals surface area contributed by atoms with Crippen molar-refractivity contribution in [3.05, 3.63) is 59.7 Å². The highest BCUT2D eigenvalue weighted by Gasteiger charge is 2.22. The number of hydrogen-bond donors (Lipinski definition) is 1. The summed E-state index contributed by atoms with van der Waals surface area (Å²) in [5.41, 5.74) is 1.39. The number of anilines is 1. The van der Waals surface area contributed by atoms with E-state index >= 15 is 0 Å². The molecule has 1 aliphatic rings. The molecule has 0 bridgehead atoms. The van der Waals surface area contributed by atoms with Crippen LogP contribution in [-0.4, -0.2) is 36.4 Å². The van der Waals surface area contributed by atoms with Crippen LogP contribution in [0.5, 0.6) is 5.75 Å². The topological polar surface area (TPSA) is 35.9 Å². The van der Waals surface area contributed by atoms with E-state index in [-0.39, 0.29) is 0 Å². The summed E-state index contributed by atoms with van der Waals surface area (Å²) in [6.45, 7) is 2.88. The lowest BCUT2D eigenvalue weighted by atomic mass is 10.2. The number of nitrogens with zero attached hydrogens (tertiary/aromatic N) is 2. The number of hydrazine groups is 1. The van der Waals surface area contributed by atoms with E-state index in [0.717, 1.165) is 17.7 Å². The molecule has 3 rings (SSSR count). The van der Waals surface area contributed by atoms with Crippen molar-refractivity contribution in [1.82, 2.24) is 5.01 Å². The average molecular weight is 320 g/mol. The molecule has 0 aromatic heterocycles. The third-order valence-corrected chi connectivity index (χ3v) is 3.80. The highest BCUT2D eigenvalue weighted by molar-refractivity contribution is 5.50. The number of phenolic OH excluding ortho intramolecular Hbond substituents is 1. The van der Waals surface area contributed by atoms with Gasteiger partial charge < -0.3 is 14.9 Å². The van der Waals surface area contributed by atoms with Crippen molar-refractivity contribution in [2.24, 2.45) is 0 Å². The number of phenols is 1. The van der Waals surface area contributed by atoms with Gasteiger partial charge in [-0.1, -0.05) is 30.3 Å². The van der Waals surface area contributed by atoms with Crippen LogP contribution in [0.3, 0.4) is 0 Å². The van der Waals surface area contributed by atoms with E-state index in [1.165, 1.54) is 0 Å². The van der Waals surface area contributed by atoms with Crippen LogP contribution in [0.15, 0.2) is 42.5 Å². The molecule has 2 aromatic carbocycles. The van der Waals surface area contributed by atoms with Gasteiger partial charge in [0, 0.05) is 25.2 Å². The Labute approximate surface area is 133 Å². The fourth-order valence-corrected chi connectivity index (χ4v) is 2.61. The van der Waals surface area contributed by atoms with Crippen LogP contribution in [-0.2, 0) is 11.3 Å². The number of morpholine rings is 1. The minimum absolute atomic E-state index is 0.364. The lowest BCUT2D eigenvalue weighted by molar-refractivity contribution is 0.0306. The predicted octanol–water partition coefficient (Wildman–Crippen LogP) is 2.92. The zero-order valence-electron chi connectivity index (χ0n) is 12.6. The summed E-state index contributed by atoms with van der Waals surface area (Å²) in [4.78, 5) is 0. The normalized spacial score (nSPS) is 15.6. The molecule has 0 saturated carbocycles. The lowest BCUT2D eigenvalue weighted by Crippen LogP contribution is -2.48. The summed E-state index contributed by atoms with van der Waals surface area (Å²) in [7, 11) is 0. The van der Waals surface area contributed by atoms with Crippen molar-refractivity contribution < 1.29 is 18.6 Å². The molecule has 1 saturated heterocycles. The Balaban J connectivity index is 1.94. The number of hydrogen-bond acceptors (Lipinski definition) is 4. The van der Waals surface area contributed by atoms with Crippen molar-refractivity contribution in [3.63, 3.8) is 0 Å². The molecule has 0 atom stereocenters. The van der Waals surface area contributed by atoms with Crippen LogP contribution in [0.1, 0.15) is 5.56 Å². The molecule has 1 fully saturated rings. The number of rotatable bonds is 4. The van der Waals surface area contributed by atoms with E-state index in [1.54, 1.807) is 0 Å². The monoisotopic (exact) mass is 320 g/mol. The van der Waals surface area contributed by atoms with E-state index in [9.17, 15) is 13.9 Å². The van der Waals surface area contributed by atoms with Gasteiger partial charge in [0.2, 0.25) is 0 Å². The van der Waals surface area contributed by atoms with E-state index < -0.39 is 17.4 Å². The molecule has 6 heteroatoms. The fourth-order valence-electron chi connectivity index (χ4n) is 2.61. The quantitative estimate of drug-likeness (QED) is 0.940. The van der Waals surface area contributed by atoms with Gasteiger partial charge >= 0.3 is 0 Å². The second-order valence-corrected chi connectivity index (χ2v) is 5.37. The lowest BCUT2D eigenvalue weighted by Gasteiger charge is -2.39. The van der Waals surface area contributed by atoms with Gasteiger partial charge in [0.25, 0.3) is 0 Å². The van der Waals surface area contributed by atoms with Gasteiger partial charge in [-0.2, -0.15) is 0 Å². The highest BCUT2D eigenvalue weighted by atomic mass is 19.1. The minimum atomic E-state index is -0.966. The van der Waals surface area contributed by atoms with Crippen LogP contribution in [0.4, 0.5) is 14.5 Å². The van der Waals surface area contributed by atoms with E-state index in [1.807, 2.05) is 40.3 Å². The van der Waals surface area contributed by atoms with Gasteiger partial charge in [0.1, 0.15) is 0 Å². The Morgan fingerprint density at radius 2 is 1.65 bits per heavy atom. The predicted molar refractivity (Wildman–Crippen MR) is 83.0 cm³/mol. The molecule has 23 heavy (non-hydrogen) atoms. The van der Waals surface area contributed by atoms with E-state index in [0.29, 0.717) is 38.5 Å². The second-order valence-electron chi connectivity index (χ2n) is 5.37. The molecule has 0 spiro atoms. The Hall–Kier alpha value is -2.18. The van der Waals surface area contributed by atoms with E-state index in [2.05, 4.69) is 0 Å². The first kappa shape index (κ1) is 15.7. The summed E-state index contributed by atoms with van der Waals surface area (Å²) >= 11 is 0. The summed E-state index contributed by atoms with van der Waals surface area (Å²) in [5, 5.41) is 13.1. The summed E-state index contributed by atoms with van der Waals surface area (Å²) < 4.78 is 32.8. The van der Waals surface area contributed by atoms with Crippen molar-refractivity contribution in [3.8, 4) is 5.75 Å². The first-order valence-corrected chi connectivity index (χ1v) is 7.47. The molecular weight excluding hydrogens is 302 g/mol. The van der Waals surface area contributed by atoms with Crippen molar-refractivity contribution >= 4 is 5.69 Å². The molecule has 1 aliphatic heterocycles. The fraction of sp³-hybridized carbons (Fsp3) is 0.294. The summed E-state index contributed by atoms with van der Waals surface area (Å²) in [5.74, 6) is -2.88. The number of ether oxygens (including phenoxy) is 1. The van der Waals surface area contributed by atoms with Crippen molar-refractivity contribution in [2.45, 2.75) is 6.54 Å². The third-order valence-electron chi connectivity index (χ3n) is 3.80. The third kappa shape index (κ3) is 3.60. The maximum absolute atomic E-state index is 13.7. The molecule has 4 nitrogen and oxygen atoms in total. The van der Waals surface area contributed by atoms with Gasteiger partial charge in [-0.15, -0.1) is 0 Å². The molecular formula is C17H18F2N2O2. The maximum atomic E-state index is 13.7. The SMILES string of the molecule is Oc1c(F)cc(N(Cc2ccccc2)N2CCOCC2)cc1F. The molecule has 122 valence electrons. The second kappa shape index (κ2) is 6.93. The standard InChI is InChI=1S/C17H18F2N2O2/c18-15-10-14(11-16(19)17(15)22)21(20-6-8-23-9-7-20)12-13-4-2-1-3-5-13/h1-5,10-11,22H,6-9,12H2. The van der Waals surface area contributed by atoms with Crippen LogP contribution in [0.2, 0.25) is 0 Å². The van der Waals surface area contributed by atoms with Gasteiger partial charge in [0.05, 0.1) is 25.4 Å². The zero-order valence-corrected chi connectivity index (χ0v) is 12.6. The van der Waals surface area contributed by atoms with Gasteiger partial charge in [-0.25, -0.2) is 13.8 Å². The van der Waals surface area contributed by atoms with Crippen LogP contribution >= 0.6 is 0 Å². The first-order chi connectivity index (χ1) is 11.1. The molecule has 1 N–H and O–H groups in total. The molecule has 1 heterocycles. The van der Waals surface area contributed by atoms with Crippen molar-refractivity contribution in [1.29, 1.82) is 0 Å². The largest absolute Gasteiger partial charge is 0.503 e. The smallest absolute Gasteiger partial charge is 0.187 e. The van der Waals surface area contributed by atoms with Crippen LogP contribution in [0, 0.1) is 11.6 Å². The highest BCUT2D eigenvalue weighted by Crippen LogP contribution is 2.28. The van der Waals surface area contributed by atoms with E-state index in [4.69, 9.17) is 4.74 Å². The molecule has 0 amide bonds. The number of benzene rings is 2. The molecule has 0 radical (unpaired) electrons. The number of aromatic hydroxyl groups is 1. The van der Waals surface area contributed by atoms with Crippen LogP contribution in [0.25, 0.3) is 0 Å². The Bertz CT molecular complexity index is 638. The Kier molecular flexibility index (Phi) is 4.73. The average Bonchev–Trinajstić information content (AvgIpc) is 2.59. The molecule has 0 aliphatic carbocycles. The van der Waals surface area contributed by atoms with Gasteiger partial charge in [-0.3, -0.25) is 0 Å². The Morgan fingerprint density at radius 3 is 2.26 bits per heavy atom. The summed E-state index contributed by atoms with van der Waals surface area (Å²) in [6, 6.07) is 12.0. The summed E-state index contributed by atoms with van der Waals surface area (Å²) in [6.07, 6.45) is 0. The van der Waals surface area contributed by atoms with Crippen molar-refractivity contribution in [2.75, 3.05) is 31.3 Å². The minimum Gasteiger partial charge on any atom is -0.503 e. The zero-order chi connectivity index (χ0) is 16.2. The van der Waals surface area contributed by atoms with Gasteiger partial charge in [0.15, 0.2) is 17.4 Å². The molecule has 2 aromatic rings. The van der Waals surface area contributed by atoms with Gasteiger partial charge in [-0.05, 0) is 5.56 Å².